The summed E-state index contributed by atoms with van der Waals surface area (Å²) in [5, 5.41) is 4.47. The van der Waals surface area contributed by atoms with Gasteiger partial charge in [-0.15, -0.1) is 0 Å². The quantitative estimate of drug-likeness (QED) is 0.794. The van der Waals surface area contributed by atoms with E-state index in [4.69, 9.17) is 22.3 Å². The van der Waals surface area contributed by atoms with Gasteiger partial charge in [0.05, 0.1) is 12.2 Å². The number of aryl methyl sites for hydroxylation is 1. The highest BCUT2D eigenvalue weighted by Crippen LogP contribution is 2.45. The van der Waals surface area contributed by atoms with Crippen molar-refractivity contribution in [2.24, 2.45) is 0 Å². The zero-order valence-corrected chi connectivity index (χ0v) is 13.7. The molecule has 1 aliphatic carbocycles. The third-order valence-electron chi connectivity index (χ3n) is 3.54. The second-order valence-corrected chi connectivity index (χ2v) is 8.22. The van der Waals surface area contributed by atoms with Gasteiger partial charge in [-0.3, -0.25) is 0 Å². The van der Waals surface area contributed by atoms with E-state index in [-0.39, 0.29) is 16.0 Å². The van der Waals surface area contributed by atoms with Crippen molar-refractivity contribution >= 4 is 31.3 Å². The van der Waals surface area contributed by atoms with Crippen molar-refractivity contribution in [1.29, 1.82) is 0 Å². The van der Waals surface area contributed by atoms with Gasteiger partial charge in [-0.2, -0.15) is 5.10 Å². The van der Waals surface area contributed by atoms with Crippen LogP contribution in [0, 0.1) is 6.92 Å². The molecular formula is C14H14Cl2N2O2S. The number of rotatable bonds is 4. The van der Waals surface area contributed by atoms with E-state index < -0.39 is 9.05 Å². The molecule has 0 bridgehead atoms. The predicted octanol–water partition coefficient (Wildman–Crippen LogP) is 3.70. The van der Waals surface area contributed by atoms with E-state index in [2.05, 4.69) is 5.10 Å². The van der Waals surface area contributed by atoms with Gasteiger partial charge < -0.3 is 0 Å². The zero-order chi connectivity index (χ0) is 15.2. The number of nitrogens with zero attached hydrogens (tertiary/aromatic N) is 2. The largest absolute Gasteiger partial charge is 0.266 e. The predicted molar refractivity (Wildman–Crippen MR) is 82.5 cm³/mol. The minimum Gasteiger partial charge on any atom is -0.248 e. The highest BCUT2D eigenvalue weighted by Gasteiger charge is 2.36. The highest BCUT2D eigenvalue weighted by atomic mass is 35.7. The van der Waals surface area contributed by atoms with E-state index in [9.17, 15) is 8.42 Å². The van der Waals surface area contributed by atoms with Crippen LogP contribution in [-0.4, -0.2) is 18.2 Å². The summed E-state index contributed by atoms with van der Waals surface area (Å²) in [7, 11) is 1.62. The average Bonchev–Trinajstić information content (AvgIpc) is 3.17. The lowest BCUT2D eigenvalue weighted by Gasteiger charge is -2.04. The molecule has 0 N–H and O–H groups in total. The van der Waals surface area contributed by atoms with Gasteiger partial charge in [0.1, 0.15) is 10.0 Å². The summed E-state index contributed by atoms with van der Waals surface area (Å²) >= 11 is 6.20. The van der Waals surface area contributed by atoms with Crippen LogP contribution in [0.2, 0.25) is 5.15 Å². The molecule has 112 valence electrons. The van der Waals surface area contributed by atoms with Gasteiger partial charge in [0.2, 0.25) is 0 Å². The number of aromatic nitrogens is 2. The number of hydrogen-bond donors (Lipinski definition) is 0. The maximum Gasteiger partial charge on any atom is 0.266 e. The van der Waals surface area contributed by atoms with E-state index in [1.54, 1.807) is 0 Å². The van der Waals surface area contributed by atoms with Crippen LogP contribution in [0.25, 0.3) is 0 Å². The Morgan fingerprint density at radius 2 is 1.90 bits per heavy atom. The monoisotopic (exact) mass is 344 g/mol. The molecular weight excluding hydrogens is 331 g/mol. The van der Waals surface area contributed by atoms with Crippen LogP contribution in [0.15, 0.2) is 29.2 Å². The van der Waals surface area contributed by atoms with Gasteiger partial charge in [-0.05, 0) is 25.3 Å². The summed E-state index contributed by atoms with van der Waals surface area (Å²) in [6.45, 7) is 2.43. The molecule has 1 heterocycles. The molecule has 0 aliphatic heterocycles. The lowest BCUT2D eigenvalue weighted by Crippen LogP contribution is -2.02. The molecule has 0 saturated heterocycles. The van der Waals surface area contributed by atoms with Crippen LogP contribution in [0.5, 0.6) is 0 Å². The second-order valence-electron chi connectivity index (χ2n) is 5.36. The molecule has 1 aromatic carbocycles. The van der Waals surface area contributed by atoms with E-state index >= 15 is 0 Å². The summed E-state index contributed by atoms with van der Waals surface area (Å²) in [6, 6.07) is 7.93. The van der Waals surface area contributed by atoms with Crippen molar-refractivity contribution in [3.8, 4) is 0 Å². The summed E-state index contributed by atoms with van der Waals surface area (Å²) < 4.78 is 25.0. The second kappa shape index (κ2) is 5.30. The Labute approximate surface area is 133 Å². The molecule has 1 aliphatic rings. The van der Waals surface area contributed by atoms with Gasteiger partial charge in [0.25, 0.3) is 9.05 Å². The first kappa shape index (κ1) is 14.9. The van der Waals surface area contributed by atoms with Crippen LogP contribution in [0.4, 0.5) is 0 Å². The number of hydrogen-bond acceptors (Lipinski definition) is 3. The SMILES string of the molecule is Cc1ccc(Cn2nc(C3CC3)c(S(=O)(=O)Cl)c2Cl)cc1. The van der Waals surface area contributed by atoms with Gasteiger partial charge >= 0.3 is 0 Å². The van der Waals surface area contributed by atoms with E-state index in [1.807, 2.05) is 31.2 Å². The molecule has 1 fully saturated rings. The Morgan fingerprint density at radius 1 is 1.29 bits per heavy atom. The maximum atomic E-state index is 11.7. The standard InChI is InChI=1S/C14H14Cl2N2O2S/c1-9-2-4-10(5-3-9)8-18-14(15)13(21(16,19)20)12(17-18)11-6-7-11/h2-5,11H,6-8H2,1H3. The summed E-state index contributed by atoms with van der Waals surface area (Å²) in [4.78, 5) is -0.0274. The molecule has 0 unspecified atom stereocenters. The lowest BCUT2D eigenvalue weighted by atomic mass is 10.1. The molecule has 0 amide bonds. The van der Waals surface area contributed by atoms with Gasteiger partial charge in [0, 0.05) is 16.6 Å². The van der Waals surface area contributed by atoms with Crippen molar-refractivity contribution in [2.45, 2.75) is 37.1 Å². The molecule has 4 nitrogen and oxygen atoms in total. The summed E-state index contributed by atoms with van der Waals surface area (Å²) in [6.07, 6.45) is 1.86. The summed E-state index contributed by atoms with van der Waals surface area (Å²) in [5.74, 6) is 0.158. The fourth-order valence-electron chi connectivity index (χ4n) is 2.26. The van der Waals surface area contributed by atoms with Crippen LogP contribution in [0.1, 0.15) is 35.6 Å². The lowest BCUT2D eigenvalue weighted by molar-refractivity contribution is 0.608. The van der Waals surface area contributed by atoms with Gasteiger partial charge in [0.15, 0.2) is 0 Å². The van der Waals surface area contributed by atoms with Crippen molar-refractivity contribution in [3.63, 3.8) is 0 Å². The first-order valence-corrected chi connectivity index (χ1v) is 9.31. The maximum absolute atomic E-state index is 11.7. The third kappa shape index (κ3) is 3.10. The molecule has 1 saturated carbocycles. The first-order chi connectivity index (χ1) is 9.86. The minimum atomic E-state index is -3.89. The Hall–Kier alpha value is -1.04. The smallest absolute Gasteiger partial charge is 0.248 e. The topological polar surface area (TPSA) is 52.0 Å². The summed E-state index contributed by atoms with van der Waals surface area (Å²) in [5.41, 5.74) is 2.67. The molecule has 21 heavy (non-hydrogen) atoms. The average molecular weight is 345 g/mol. The van der Waals surface area contributed by atoms with Crippen LogP contribution < -0.4 is 0 Å². The van der Waals surface area contributed by atoms with Crippen molar-refractivity contribution in [3.05, 3.63) is 46.2 Å². The Balaban J connectivity index is 2.01. The molecule has 0 atom stereocenters. The molecule has 0 spiro atoms. The minimum absolute atomic E-state index is 0.0274. The normalized spacial score (nSPS) is 15.4. The van der Waals surface area contributed by atoms with E-state index in [0.717, 1.165) is 24.0 Å². The fraction of sp³-hybridized carbons (Fsp3) is 0.357. The van der Waals surface area contributed by atoms with Crippen LogP contribution in [-0.2, 0) is 15.6 Å². The molecule has 1 aromatic heterocycles. The molecule has 3 rings (SSSR count). The molecule has 2 aromatic rings. The van der Waals surface area contributed by atoms with Gasteiger partial charge in [-0.1, -0.05) is 41.4 Å². The highest BCUT2D eigenvalue weighted by molar-refractivity contribution is 8.13. The number of benzene rings is 1. The molecule has 0 radical (unpaired) electrons. The third-order valence-corrected chi connectivity index (χ3v) is 5.39. The zero-order valence-electron chi connectivity index (χ0n) is 11.4. The Morgan fingerprint density at radius 3 is 2.43 bits per heavy atom. The number of halogens is 2. The Bertz CT molecular complexity index is 778. The first-order valence-electron chi connectivity index (χ1n) is 6.62. The van der Waals surface area contributed by atoms with Crippen molar-refractivity contribution in [1.82, 2.24) is 9.78 Å². The fourth-order valence-corrected chi connectivity index (χ4v) is 4.10. The van der Waals surface area contributed by atoms with Crippen LogP contribution >= 0.6 is 22.3 Å². The van der Waals surface area contributed by atoms with Crippen molar-refractivity contribution < 1.29 is 8.42 Å². The Kier molecular flexibility index (Phi) is 3.76. The van der Waals surface area contributed by atoms with Crippen LogP contribution in [0.3, 0.4) is 0 Å². The van der Waals surface area contributed by atoms with Gasteiger partial charge in [-0.25, -0.2) is 13.1 Å². The molecule has 7 heteroatoms. The van der Waals surface area contributed by atoms with Crippen molar-refractivity contribution in [2.75, 3.05) is 0 Å². The van der Waals surface area contributed by atoms with E-state index in [1.165, 1.54) is 4.68 Å². The van der Waals surface area contributed by atoms with E-state index in [0.29, 0.717) is 12.2 Å².